The molecule has 184 valence electrons. The molecular formula is C28H38N2O4. The zero-order chi connectivity index (χ0) is 24.9. The number of nitrogens with one attached hydrogen (secondary N) is 1. The summed E-state index contributed by atoms with van der Waals surface area (Å²) in [6.45, 7) is 8.48. The molecular weight excluding hydrogens is 428 g/mol. The largest absolute Gasteiger partial charge is 0.479 e. The highest BCUT2D eigenvalue weighted by molar-refractivity contribution is 5.92. The van der Waals surface area contributed by atoms with Crippen LogP contribution in [0.15, 0.2) is 61.2 Å². The molecule has 2 unspecified atom stereocenters. The van der Waals surface area contributed by atoms with Gasteiger partial charge >= 0.3 is 12.0 Å². The summed E-state index contributed by atoms with van der Waals surface area (Å²) in [7, 11) is 1.77. The van der Waals surface area contributed by atoms with Crippen molar-refractivity contribution in [1.82, 2.24) is 5.32 Å². The van der Waals surface area contributed by atoms with Gasteiger partial charge in [0.15, 0.2) is 6.10 Å². The Morgan fingerprint density at radius 3 is 2.44 bits per heavy atom. The van der Waals surface area contributed by atoms with Crippen LogP contribution in [-0.2, 0) is 9.53 Å². The third-order valence-corrected chi connectivity index (χ3v) is 5.96. The smallest absolute Gasteiger partial charge is 0.333 e. The number of anilines is 1. The number of carboxylic acids is 1. The van der Waals surface area contributed by atoms with Crippen LogP contribution < -0.4 is 10.2 Å². The molecule has 2 N–H and O–H groups in total. The standard InChI is InChI=1S/C28H38N2O4/c1-5-7-8-9-10-18-29-28(33)30(4)25-13-11-12-24(20-25)23-16-14-22(15-17-23)21(3)26(27(31)32)34-19-6-2/h6,11-17,20-21,26H,2,5,7-10,18-19H2,1,3-4H3,(H,29,33)(H,31,32). The minimum atomic E-state index is -0.992. The second-order valence-corrected chi connectivity index (χ2v) is 8.55. The van der Waals surface area contributed by atoms with E-state index >= 15 is 0 Å². The van der Waals surface area contributed by atoms with E-state index in [4.69, 9.17) is 4.74 Å². The molecule has 0 radical (unpaired) electrons. The second kappa shape index (κ2) is 14.2. The van der Waals surface area contributed by atoms with Crippen LogP contribution in [0.5, 0.6) is 0 Å². The molecule has 0 saturated carbocycles. The van der Waals surface area contributed by atoms with Gasteiger partial charge in [-0.3, -0.25) is 4.90 Å². The number of carboxylic acid groups (broad SMARTS) is 1. The molecule has 2 rings (SSSR count). The summed E-state index contributed by atoms with van der Waals surface area (Å²) in [5.41, 5.74) is 3.66. The fraction of sp³-hybridized carbons (Fsp3) is 0.429. The van der Waals surface area contributed by atoms with Crippen molar-refractivity contribution in [2.24, 2.45) is 0 Å². The lowest BCUT2D eigenvalue weighted by Gasteiger charge is -2.21. The molecule has 2 aromatic carbocycles. The molecule has 0 bridgehead atoms. The Hall–Kier alpha value is -3.12. The number of carbonyl (C=O) groups excluding carboxylic acids is 1. The number of nitrogens with zero attached hydrogens (tertiary/aromatic N) is 1. The van der Waals surface area contributed by atoms with Crippen molar-refractivity contribution in [2.45, 2.75) is 58.0 Å². The average molecular weight is 467 g/mol. The minimum Gasteiger partial charge on any atom is -0.479 e. The SMILES string of the molecule is C=CCOC(C(=O)O)C(C)c1ccc(-c2cccc(N(C)C(=O)NCCCCCCC)c2)cc1. The number of hydrogen-bond acceptors (Lipinski definition) is 3. The number of ether oxygens (including phenoxy) is 1. The van der Waals surface area contributed by atoms with Gasteiger partial charge in [-0.1, -0.05) is 82.0 Å². The maximum absolute atomic E-state index is 12.5. The van der Waals surface area contributed by atoms with E-state index in [0.29, 0.717) is 6.54 Å². The predicted octanol–water partition coefficient (Wildman–Crippen LogP) is 6.23. The highest BCUT2D eigenvalue weighted by atomic mass is 16.5. The Kier molecular flexibility index (Phi) is 11.3. The fourth-order valence-electron chi connectivity index (χ4n) is 3.81. The molecule has 2 atom stereocenters. The summed E-state index contributed by atoms with van der Waals surface area (Å²) in [6.07, 6.45) is 6.39. The molecule has 0 aromatic heterocycles. The van der Waals surface area contributed by atoms with Crippen LogP contribution in [0.1, 0.15) is 57.4 Å². The topological polar surface area (TPSA) is 78.9 Å². The van der Waals surface area contributed by atoms with E-state index in [0.717, 1.165) is 35.2 Å². The van der Waals surface area contributed by atoms with E-state index in [-0.39, 0.29) is 18.6 Å². The van der Waals surface area contributed by atoms with Crippen molar-refractivity contribution in [1.29, 1.82) is 0 Å². The molecule has 0 spiro atoms. The average Bonchev–Trinajstić information content (AvgIpc) is 2.85. The zero-order valence-electron chi connectivity index (χ0n) is 20.6. The molecule has 0 fully saturated rings. The lowest BCUT2D eigenvalue weighted by atomic mass is 9.93. The van der Waals surface area contributed by atoms with Crippen LogP contribution in [0.4, 0.5) is 10.5 Å². The van der Waals surface area contributed by atoms with Gasteiger partial charge in [0.2, 0.25) is 0 Å². The molecule has 2 amide bonds. The van der Waals surface area contributed by atoms with Crippen molar-refractivity contribution in [3.63, 3.8) is 0 Å². The molecule has 6 nitrogen and oxygen atoms in total. The first kappa shape index (κ1) is 27.1. The van der Waals surface area contributed by atoms with Crippen LogP contribution in [0.25, 0.3) is 11.1 Å². The van der Waals surface area contributed by atoms with Crippen molar-refractivity contribution in [3.05, 3.63) is 66.7 Å². The molecule has 0 aliphatic carbocycles. The zero-order valence-corrected chi connectivity index (χ0v) is 20.6. The first-order valence-electron chi connectivity index (χ1n) is 12.1. The van der Waals surface area contributed by atoms with E-state index < -0.39 is 12.1 Å². The van der Waals surface area contributed by atoms with Crippen molar-refractivity contribution in [2.75, 3.05) is 25.1 Å². The first-order chi connectivity index (χ1) is 16.4. The van der Waals surface area contributed by atoms with Crippen LogP contribution in [0.2, 0.25) is 0 Å². The molecule has 0 aliphatic heterocycles. The number of benzene rings is 2. The number of urea groups is 1. The summed E-state index contributed by atoms with van der Waals surface area (Å²) >= 11 is 0. The Bertz CT molecular complexity index is 926. The van der Waals surface area contributed by atoms with Crippen LogP contribution in [-0.4, -0.2) is 43.4 Å². The van der Waals surface area contributed by atoms with Gasteiger partial charge in [0.25, 0.3) is 0 Å². The first-order valence-corrected chi connectivity index (χ1v) is 12.1. The van der Waals surface area contributed by atoms with Crippen LogP contribution in [0, 0.1) is 0 Å². The number of hydrogen-bond donors (Lipinski definition) is 2. The lowest BCUT2D eigenvalue weighted by Crippen LogP contribution is -2.37. The van der Waals surface area contributed by atoms with E-state index in [1.165, 1.54) is 19.3 Å². The second-order valence-electron chi connectivity index (χ2n) is 8.55. The Labute approximate surface area is 203 Å². The van der Waals surface area contributed by atoms with Gasteiger partial charge in [-0.25, -0.2) is 9.59 Å². The van der Waals surface area contributed by atoms with Gasteiger partial charge in [-0.2, -0.15) is 0 Å². The molecule has 2 aromatic rings. The number of unbranched alkanes of at least 4 members (excludes halogenated alkanes) is 4. The number of amides is 2. The molecule has 6 heteroatoms. The van der Waals surface area contributed by atoms with E-state index in [2.05, 4.69) is 18.8 Å². The predicted molar refractivity (Wildman–Crippen MR) is 138 cm³/mol. The normalized spacial score (nSPS) is 12.6. The monoisotopic (exact) mass is 466 g/mol. The van der Waals surface area contributed by atoms with Crippen molar-refractivity contribution < 1.29 is 19.4 Å². The Morgan fingerprint density at radius 2 is 1.79 bits per heavy atom. The number of rotatable bonds is 14. The third-order valence-electron chi connectivity index (χ3n) is 5.96. The number of carbonyl (C=O) groups is 2. The maximum Gasteiger partial charge on any atom is 0.333 e. The van der Waals surface area contributed by atoms with Crippen LogP contribution >= 0.6 is 0 Å². The van der Waals surface area contributed by atoms with Gasteiger partial charge < -0.3 is 15.2 Å². The fourth-order valence-corrected chi connectivity index (χ4v) is 3.81. The maximum atomic E-state index is 12.5. The molecule has 0 aliphatic rings. The summed E-state index contributed by atoms with van der Waals surface area (Å²) in [5, 5.41) is 12.5. The summed E-state index contributed by atoms with van der Waals surface area (Å²) in [4.78, 5) is 25.8. The Balaban J connectivity index is 2.03. The number of aliphatic carboxylic acids is 1. The van der Waals surface area contributed by atoms with Gasteiger partial charge in [0.1, 0.15) is 0 Å². The van der Waals surface area contributed by atoms with E-state index in [1.54, 1.807) is 18.0 Å². The quantitative estimate of drug-likeness (QED) is 0.256. The highest BCUT2D eigenvalue weighted by Crippen LogP contribution is 2.28. The van der Waals surface area contributed by atoms with Gasteiger partial charge in [0.05, 0.1) is 6.61 Å². The highest BCUT2D eigenvalue weighted by Gasteiger charge is 2.26. The summed E-state index contributed by atoms with van der Waals surface area (Å²) < 4.78 is 5.44. The van der Waals surface area contributed by atoms with Gasteiger partial charge in [0, 0.05) is 25.2 Å². The van der Waals surface area contributed by atoms with E-state index in [9.17, 15) is 14.7 Å². The third kappa shape index (κ3) is 8.03. The van der Waals surface area contributed by atoms with Crippen LogP contribution in [0.3, 0.4) is 0 Å². The lowest BCUT2D eigenvalue weighted by molar-refractivity contribution is -0.150. The van der Waals surface area contributed by atoms with Gasteiger partial charge in [-0.05, 0) is 35.2 Å². The van der Waals surface area contributed by atoms with Crippen molar-refractivity contribution >= 4 is 17.7 Å². The van der Waals surface area contributed by atoms with Crippen molar-refractivity contribution in [3.8, 4) is 11.1 Å². The summed E-state index contributed by atoms with van der Waals surface area (Å²) in [6, 6.07) is 15.5. The molecule has 0 saturated heterocycles. The van der Waals surface area contributed by atoms with E-state index in [1.807, 2.05) is 55.5 Å². The van der Waals surface area contributed by atoms with Gasteiger partial charge in [-0.15, -0.1) is 6.58 Å². The summed E-state index contributed by atoms with van der Waals surface area (Å²) in [5.74, 6) is -1.30. The Morgan fingerprint density at radius 1 is 1.09 bits per heavy atom. The molecule has 0 heterocycles. The molecule has 34 heavy (non-hydrogen) atoms. The minimum absolute atomic E-state index is 0.115.